The highest BCUT2D eigenvalue weighted by Crippen LogP contribution is 2.26. The first-order chi connectivity index (χ1) is 14.8. The lowest BCUT2D eigenvalue weighted by Crippen LogP contribution is -2.35. The maximum absolute atomic E-state index is 12.7. The SMILES string of the molecule is COc1ccc(NC(=O)CN(C)S(=O)(=O)c2ccc(C#N)cc2)cc1-n1nnnc1C. The first kappa shape index (κ1) is 21.9. The number of benzene rings is 2. The van der Waals surface area contributed by atoms with Gasteiger partial charge < -0.3 is 10.1 Å². The van der Waals surface area contributed by atoms with Crippen molar-refractivity contribution in [2.75, 3.05) is 26.0 Å². The molecule has 12 heteroatoms. The highest BCUT2D eigenvalue weighted by Gasteiger charge is 2.23. The molecule has 0 aliphatic heterocycles. The number of tetrazole rings is 1. The molecule has 0 radical (unpaired) electrons. The summed E-state index contributed by atoms with van der Waals surface area (Å²) in [5, 5.41) is 22.8. The van der Waals surface area contributed by atoms with Crippen LogP contribution in [0.15, 0.2) is 47.4 Å². The molecule has 1 N–H and O–H groups in total. The number of nitrogens with one attached hydrogen (secondary N) is 1. The Bertz CT molecular complexity index is 1250. The van der Waals surface area contributed by atoms with Crippen LogP contribution in [0.1, 0.15) is 11.4 Å². The van der Waals surface area contributed by atoms with Gasteiger partial charge in [-0.3, -0.25) is 4.79 Å². The maximum atomic E-state index is 12.7. The minimum atomic E-state index is -3.90. The number of methoxy groups -OCH3 is 1. The summed E-state index contributed by atoms with van der Waals surface area (Å²) in [6.07, 6.45) is 0. The third kappa shape index (κ3) is 4.68. The van der Waals surface area contributed by atoms with Crippen LogP contribution >= 0.6 is 0 Å². The van der Waals surface area contributed by atoms with E-state index >= 15 is 0 Å². The molecule has 1 amide bonds. The zero-order valence-electron chi connectivity index (χ0n) is 17.0. The monoisotopic (exact) mass is 441 g/mol. The number of nitriles is 1. The summed E-state index contributed by atoms with van der Waals surface area (Å²) in [4.78, 5) is 12.5. The van der Waals surface area contributed by atoms with E-state index in [9.17, 15) is 13.2 Å². The molecular formula is C19H19N7O4S. The fourth-order valence-corrected chi connectivity index (χ4v) is 3.88. The van der Waals surface area contributed by atoms with Gasteiger partial charge in [0.05, 0.1) is 30.2 Å². The van der Waals surface area contributed by atoms with E-state index in [-0.39, 0.29) is 4.90 Å². The molecule has 1 heterocycles. The normalized spacial score (nSPS) is 11.2. The number of nitrogens with zero attached hydrogens (tertiary/aromatic N) is 6. The van der Waals surface area contributed by atoms with E-state index < -0.39 is 22.5 Å². The van der Waals surface area contributed by atoms with Gasteiger partial charge >= 0.3 is 0 Å². The lowest BCUT2D eigenvalue weighted by molar-refractivity contribution is -0.116. The molecule has 1 aromatic heterocycles. The van der Waals surface area contributed by atoms with Crippen LogP contribution in [0.5, 0.6) is 5.75 Å². The molecule has 0 saturated heterocycles. The summed E-state index contributed by atoms with van der Waals surface area (Å²) >= 11 is 0. The van der Waals surface area contributed by atoms with Gasteiger partial charge in [-0.25, -0.2) is 8.42 Å². The summed E-state index contributed by atoms with van der Waals surface area (Å²) in [6, 6.07) is 12.3. The Kier molecular flexibility index (Phi) is 6.28. The number of aromatic nitrogens is 4. The minimum Gasteiger partial charge on any atom is -0.494 e. The number of carbonyl (C=O) groups excluding carboxylic acids is 1. The van der Waals surface area contributed by atoms with Crippen molar-refractivity contribution in [3.8, 4) is 17.5 Å². The van der Waals surface area contributed by atoms with Crippen LogP contribution in [0.25, 0.3) is 5.69 Å². The van der Waals surface area contributed by atoms with Crippen LogP contribution < -0.4 is 10.1 Å². The number of ether oxygens (including phenoxy) is 1. The van der Waals surface area contributed by atoms with Crippen molar-refractivity contribution in [3.05, 3.63) is 53.9 Å². The van der Waals surface area contributed by atoms with Crippen molar-refractivity contribution in [2.24, 2.45) is 0 Å². The Morgan fingerprint density at radius 2 is 1.97 bits per heavy atom. The van der Waals surface area contributed by atoms with E-state index in [1.54, 1.807) is 25.1 Å². The summed E-state index contributed by atoms with van der Waals surface area (Å²) in [6.45, 7) is 1.31. The van der Waals surface area contributed by atoms with Crippen molar-refractivity contribution < 1.29 is 17.9 Å². The predicted octanol–water partition coefficient (Wildman–Crippen LogP) is 1.11. The van der Waals surface area contributed by atoms with Crippen molar-refractivity contribution in [1.82, 2.24) is 24.5 Å². The Balaban J connectivity index is 1.76. The fraction of sp³-hybridized carbons (Fsp3) is 0.211. The highest BCUT2D eigenvalue weighted by atomic mass is 32.2. The molecule has 0 saturated carbocycles. The lowest BCUT2D eigenvalue weighted by Gasteiger charge is -2.17. The average molecular weight is 441 g/mol. The maximum Gasteiger partial charge on any atom is 0.243 e. The van der Waals surface area contributed by atoms with Crippen LogP contribution in [0.3, 0.4) is 0 Å². The number of carbonyl (C=O) groups is 1. The summed E-state index contributed by atoms with van der Waals surface area (Å²) in [5.74, 6) is 0.480. The van der Waals surface area contributed by atoms with Gasteiger partial charge in [0, 0.05) is 12.7 Å². The van der Waals surface area contributed by atoms with Crippen molar-refractivity contribution in [3.63, 3.8) is 0 Å². The molecule has 2 aromatic carbocycles. The van der Waals surface area contributed by atoms with Gasteiger partial charge in [0.1, 0.15) is 11.4 Å². The molecule has 0 atom stereocenters. The summed E-state index contributed by atoms with van der Waals surface area (Å²) in [7, 11) is -1.10. The molecule has 0 aliphatic carbocycles. The number of hydrogen-bond donors (Lipinski definition) is 1. The second kappa shape index (κ2) is 8.90. The summed E-state index contributed by atoms with van der Waals surface area (Å²) in [5.41, 5.74) is 1.27. The van der Waals surface area contributed by atoms with Crippen molar-refractivity contribution in [1.29, 1.82) is 5.26 Å². The third-order valence-corrected chi connectivity index (χ3v) is 6.19. The van der Waals surface area contributed by atoms with Gasteiger partial charge in [-0.2, -0.15) is 14.2 Å². The number of likely N-dealkylation sites (N-methyl/N-ethyl adjacent to an activating group) is 1. The molecule has 3 aromatic rings. The topological polar surface area (TPSA) is 143 Å². The third-order valence-electron chi connectivity index (χ3n) is 4.37. The number of hydrogen-bond acceptors (Lipinski definition) is 8. The van der Waals surface area contributed by atoms with Gasteiger partial charge in [0.2, 0.25) is 15.9 Å². The number of aryl methyl sites for hydroxylation is 1. The second-order valence-corrected chi connectivity index (χ2v) is 8.51. The largest absolute Gasteiger partial charge is 0.494 e. The smallest absolute Gasteiger partial charge is 0.243 e. The Labute approximate surface area is 178 Å². The predicted molar refractivity (Wildman–Crippen MR) is 110 cm³/mol. The van der Waals surface area contributed by atoms with Crippen LogP contribution in [0.2, 0.25) is 0 Å². The van der Waals surface area contributed by atoms with Gasteiger partial charge in [-0.15, -0.1) is 5.10 Å². The van der Waals surface area contributed by atoms with Crippen molar-refractivity contribution in [2.45, 2.75) is 11.8 Å². The number of sulfonamides is 1. The Hall–Kier alpha value is -3.82. The Morgan fingerprint density at radius 3 is 2.55 bits per heavy atom. The van der Waals surface area contributed by atoms with E-state index in [4.69, 9.17) is 10.00 Å². The van der Waals surface area contributed by atoms with Crippen molar-refractivity contribution >= 4 is 21.6 Å². The minimum absolute atomic E-state index is 0.0114. The first-order valence-corrected chi connectivity index (χ1v) is 10.4. The van der Waals surface area contributed by atoms with Crippen LogP contribution in [0, 0.1) is 18.3 Å². The molecule has 0 unspecified atom stereocenters. The van der Waals surface area contributed by atoms with E-state index in [1.165, 1.54) is 43.1 Å². The van der Waals surface area contributed by atoms with Gasteiger partial charge in [-0.05, 0) is 59.8 Å². The van der Waals surface area contributed by atoms with Gasteiger partial charge in [0.15, 0.2) is 5.82 Å². The quantitative estimate of drug-likeness (QED) is 0.574. The number of amides is 1. The van der Waals surface area contributed by atoms with Gasteiger partial charge in [0.25, 0.3) is 0 Å². The standard InChI is InChI=1S/C19H19N7O4S/c1-13-22-23-24-26(13)17-10-15(6-9-18(17)30-3)21-19(27)12-25(2)31(28,29)16-7-4-14(11-20)5-8-16/h4-10H,12H2,1-3H3,(H,21,27). The molecule has 160 valence electrons. The van der Waals surface area contributed by atoms with Crippen LogP contribution in [-0.2, 0) is 14.8 Å². The van der Waals surface area contributed by atoms with Gasteiger partial charge in [-0.1, -0.05) is 0 Å². The van der Waals surface area contributed by atoms with E-state index in [1.807, 2.05) is 6.07 Å². The lowest BCUT2D eigenvalue weighted by atomic mass is 10.2. The number of anilines is 1. The molecule has 0 aliphatic rings. The van der Waals surface area contributed by atoms with Crippen LogP contribution in [-0.4, -0.2) is 59.5 Å². The molecule has 31 heavy (non-hydrogen) atoms. The average Bonchev–Trinajstić information content (AvgIpc) is 3.19. The number of rotatable bonds is 7. The van der Waals surface area contributed by atoms with E-state index in [0.29, 0.717) is 28.5 Å². The molecule has 0 bridgehead atoms. The first-order valence-electron chi connectivity index (χ1n) is 8.96. The van der Waals surface area contributed by atoms with Crippen LogP contribution in [0.4, 0.5) is 5.69 Å². The fourth-order valence-electron chi connectivity index (χ4n) is 2.76. The molecule has 3 rings (SSSR count). The van der Waals surface area contributed by atoms with E-state index in [2.05, 4.69) is 20.8 Å². The Morgan fingerprint density at radius 1 is 1.26 bits per heavy atom. The highest BCUT2D eigenvalue weighted by molar-refractivity contribution is 7.89. The zero-order chi connectivity index (χ0) is 22.6. The molecule has 0 spiro atoms. The van der Waals surface area contributed by atoms with E-state index in [0.717, 1.165) is 4.31 Å². The zero-order valence-corrected chi connectivity index (χ0v) is 17.8. The molecule has 11 nitrogen and oxygen atoms in total. The summed E-state index contributed by atoms with van der Waals surface area (Å²) < 4.78 is 33.0. The molecule has 0 fully saturated rings. The second-order valence-electron chi connectivity index (χ2n) is 6.47. The molecular weight excluding hydrogens is 422 g/mol.